The minimum Gasteiger partial charge on any atom is -0.493 e. The van der Waals surface area contributed by atoms with Gasteiger partial charge in [0.15, 0.2) is 11.5 Å². The third-order valence-electron chi connectivity index (χ3n) is 2.48. The molecule has 3 heteroatoms. The lowest BCUT2D eigenvalue weighted by Crippen LogP contribution is -2.23. The zero-order valence-electron chi connectivity index (χ0n) is 9.83. The first-order valence-electron chi connectivity index (χ1n) is 5.09. The smallest absolute Gasteiger partial charge is 0.160 e. The second kappa shape index (κ2) is 5.61. The Morgan fingerprint density at radius 2 is 1.87 bits per heavy atom. The van der Waals surface area contributed by atoms with Crippen molar-refractivity contribution in [1.82, 2.24) is 5.32 Å². The summed E-state index contributed by atoms with van der Waals surface area (Å²) in [5.41, 5.74) is 1.24. The van der Waals surface area contributed by atoms with Gasteiger partial charge in [0.1, 0.15) is 0 Å². The van der Waals surface area contributed by atoms with Crippen molar-refractivity contribution in [1.29, 1.82) is 0 Å². The highest BCUT2D eigenvalue weighted by atomic mass is 16.5. The Hall–Kier alpha value is -1.22. The molecule has 0 bridgehead atoms. The molecule has 0 aliphatic heterocycles. The van der Waals surface area contributed by atoms with Crippen molar-refractivity contribution in [2.45, 2.75) is 19.4 Å². The molecule has 0 aromatic heterocycles. The van der Waals surface area contributed by atoms with Gasteiger partial charge in [0.2, 0.25) is 0 Å². The number of ether oxygens (including phenoxy) is 2. The molecule has 1 atom stereocenters. The number of rotatable bonds is 5. The number of methoxy groups -OCH3 is 2. The molecule has 0 amide bonds. The quantitative estimate of drug-likeness (QED) is 0.803. The van der Waals surface area contributed by atoms with Crippen LogP contribution in [0.1, 0.15) is 12.5 Å². The Morgan fingerprint density at radius 1 is 1.20 bits per heavy atom. The van der Waals surface area contributed by atoms with Gasteiger partial charge in [0.25, 0.3) is 0 Å². The first kappa shape index (κ1) is 11.9. The first-order valence-corrected chi connectivity index (χ1v) is 5.09. The number of benzene rings is 1. The van der Waals surface area contributed by atoms with Crippen molar-refractivity contribution in [3.05, 3.63) is 23.8 Å². The lowest BCUT2D eigenvalue weighted by molar-refractivity contribution is 0.354. The molecule has 0 radical (unpaired) electrons. The summed E-state index contributed by atoms with van der Waals surface area (Å²) in [6.45, 7) is 2.15. The van der Waals surface area contributed by atoms with E-state index in [0.717, 1.165) is 17.9 Å². The van der Waals surface area contributed by atoms with Crippen molar-refractivity contribution < 1.29 is 9.47 Å². The number of likely N-dealkylation sites (N-methyl/N-ethyl adjacent to an activating group) is 1. The Bertz CT molecular complexity index is 312. The zero-order chi connectivity index (χ0) is 11.3. The molecular weight excluding hydrogens is 190 g/mol. The fourth-order valence-corrected chi connectivity index (χ4v) is 1.46. The summed E-state index contributed by atoms with van der Waals surface area (Å²) < 4.78 is 10.4. The van der Waals surface area contributed by atoms with Crippen LogP contribution in [0.25, 0.3) is 0 Å². The van der Waals surface area contributed by atoms with Crippen molar-refractivity contribution >= 4 is 0 Å². The van der Waals surface area contributed by atoms with E-state index >= 15 is 0 Å². The highest BCUT2D eigenvalue weighted by molar-refractivity contribution is 5.43. The maximum atomic E-state index is 5.25. The van der Waals surface area contributed by atoms with Crippen LogP contribution in [0.3, 0.4) is 0 Å². The molecule has 1 aromatic carbocycles. The van der Waals surface area contributed by atoms with E-state index < -0.39 is 0 Å². The van der Waals surface area contributed by atoms with Crippen LogP contribution >= 0.6 is 0 Å². The predicted octanol–water partition coefficient (Wildman–Crippen LogP) is 1.85. The van der Waals surface area contributed by atoms with Crippen LogP contribution in [0.15, 0.2) is 18.2 Å². The van der Waals surface area contributed by atoms with E-state index in [1.807, 2.05) is 19.2 Å². The maximum Gasteiger partial charge on any atom is 0.160 e. The summed E-state index contributed by atoms with van der Waals surface area (Å²) in [5, 5.41) is 3.21. The van der Waals surface area contributed by atoms with Crippen LogP contribution in [0.4, 0.5) is 0 Å². The summed E-state index contributed by atoms with van der Waals surface area (Å²) >= 11 is 0. The Morgan fingerprint density at radius 3 is 2.40 bits per heavy atom. The third kappa shape index (κ3) is 3.13. The number of nitrogens with one attached hydrogen (secondary N) is 1. The molecule has 3 nitrogen and oxygen atoms in total. The fraction of sp³-hybridized carbons (Fsp3) is 0.500. The topological polar surface area (TPSA) is 30.5 Å². The summed E-state index contributed by atoms with van der Waals surface area (Å²) in [6.07, 6.45) is 0.983. The average molecular weight is 209 g/mol. The lowest BCUT2D eigenvalue weighted by atomic mass is 10.1. The molecule has 0 spiro atoms. The highest BCUT2D eigenvalue weighted by Crippen LogP contribution is 2.27. The average Bonchev–Trinajstić information content (AvgIpc) is 2.28. The van der Waals surface area contributed by atoms with Gasteiger partial charge in [-0.05, 0) is 38.1 Å². The monoisotopic (exact) mass is 209 g/mol. The van der Waals surface area contributed by atoms with E-state index in [0.29, 0.717) is 6.04 Å². The third-order valence-corrected chi connectivity index (χ3v) is 2.48. The van der Waals surface area contributed by atoms with Crippen LogP contribution in [-0.4, -0.2) is 27.3 Å². The SMILES string of the molecule is CNC(C)Cc1ccc(OC)c(OC)c1. The molecule has 84 valence electrons. The van der Waals surface area contributed by atoms with Crippen LogP contribution in [0.2, 0.25) is 0 Å². The molecule has 1 N–H and O–H groups in total. The normalized spacial score (nSPS) is 12.3. The molecular formula is C12H19NO2. The Balaban J connectivity index is 2.83. The van der Waals surface area contributed by atoms with E-state index in [1.165, 1.54) is 5.56 Å². The predicted molar refractivity (Wildman–Crippen MR) is 61.8 cm³/mol. The van der Waals surface area contributed by atoms with Crippen molar-refractivity contribution in [2.75, 3.05) is 21.3 Å². The zero-order valence-corrected chi connectivity index (χ0v) is 9.83. The molecule has 0 aliphatic rings. The minimum atomic E-state index is 0.461. The first-order chi connectivity index (χ1) is 7.21. The van der Waals surface area contributed by atoms with Crippen LogP contribution in [0.5, 0.6) is 11.5 Å². The molecule has 0 saturated heterocycles. The van der Waals surface area contributed by atoms with Crippen LogP contribution < -0.4 is 14.8 Å². The van der Waals surface area contributed by atoms with E-state index in [2.05, 4.69) is 18.3 Å². The second-order valence-electron chi connectivity index (χ2n) is 3.58. The van der Waals surface area contributed by atoms with Gasteiger partial charge in [-0.1, -0.05) is 6.07 Å². The van der Waals surface area contributed by atoms with E-state index in [9.17, 15) is 0 Å². The summed E-state index contributed by atoms with van der Waals surface area (Å²) in [5.74, 6) is 1.57. The van der Waals surface area contributed by atoms with Gasteiger partial charge < -0.3 is 14.8 Å². The van der Waals surface area contributed by atoms with E-state index in [-0.39, 0.29) is 0 Å². The van der Waals surface area contributed by atoms with Gasteiger partial charge in [0.05, 0.1) is 14.2 Å². The maximum absolute atomic E-state index is 5.25. The molecule has 15 heavy (non-hydrogen) atoms. The standard InChI is InChI=1S/C12H19NO2/c1-9(13-2)7-10-5-6-11(14-3)12(8-10)15-4/h5-6,8-9,13H,7H2,1-4H3. The van der Waals surface area contributed by atoms with Gasteiger partial charge in [-0.25, -0.2) is 0 Å². The molecule has 1 unspecified atom stereocenters. The summed E-state index contributed by atoms with van der Waals surface area (Å²) in [4.78, 5) is 0. The molecule has 1 aromatic rings. The Labute approximate surface area is 91.4 Å². The molecule has 0 heterocycles. The van der Waals surface area contributed by atoms with Gasteiger partial charge in [-0.15, -0.1) is 0 Å². The molecule has 0 aliphatic carbocycles. The van der Waals surface area contributed by atoms with Crippen molar-refractivity contribution in [2.24, 2.45) is 0 Å². The summed E-state index contributed by atoms with van der Waals surface area (Å²) in [7, 11) is 5.27. The number of hydrogen-bond donors (Lipinski definition) is 1. The minimum absolute atomic E-state index is 0.461. The van der Waals surface area contributed by atoms with Gasteiger partial charge in [0, 0.05) is 6.04 Å². The van der Waals surface area contributed by atoms with Gasteiger partial charge >= 0.3 is 0 Å². The molecule has 0 fully saturated rings. The fourth-order valence-electron chi connectivity index (χ4n) is 1.46. The van der Waals surface area contributed by atoms with E-state index in [4.69, 9.17) is 9.47 Å². The van der Waals surface area contributed by atoms with E-state index in [1.54, 1.807) is 14.2 Å². The Kier molecular flexibility index (Phi) is 4.43. The largest absolute Gasteiger partial charge is 0.493 e. The lowest BCUT2D eigenvalue weighted by Gasteiger charge is -2.12. The molecule has 0 saturated carbocycles. The van der Waals surface area contributed by atoms with Crippen molar-refractivity contribution in [3.63, 3.8) is 0 Å². The van der Waals surface area contributed by atoms with Gasteiger partial charge in [-0.3, -0.25) is 0 Å². The van der Waals surface area contributed by atoms with Gasteiger partial charge in [-0.2, -0.15) is 0 Å². The van der Waals surface area contributed by atoms with Crippen molar-refractivity contribution in [3.8, 4) is 11.5 Å². The van der Waals surface area contributed by atoms with Crippen LogP contribution in [0, 0.1) is 0 Å². The molecule has 1 rings (SSSR count). The highest BCUT2D eigenvalue weighted by Gasteiger charge is 2.06. The second-order valence-corrected chi connectivity index (χ2v) is 3.58. The summed E-state index contributed by atoms with van der Waals surface area (Å²) in [6, 6.07) is 6.49. The van der Waals surface area contributed by atoms with Crippen LogP contribution in [-0.2, 0) is 6.42 Å². The number of hydrogen-bond acceptors (Lipinski definition) is 3.